The van der Waals surface area contributed by atoms with Crippen LogP contribution >= 0.6 is 0 Å². The van der Waals surface area contributed by atoms with E-state index in [1.54, 1.807) is 11.0 Å². The van der Waals surface area contributed by atoms with E-state index in [-0.39, 0.29) is 11.8 Å². The molecule has 0 N–H and O–H groups in total. The van der Waals surface area contributed by atoms with Crippen LogP contribution in [0.5, 0.6) is 0 Å². The molecule has 0 radical (unpaired) electrons. The molecule has 0 unspecified atom stereocenters. The first-order chi connectivity index (χ1) is 8.34. The molecule has 3 rings (SSSR count). The Labute approximate surface area is 97.2 Å². The van der Waals surface area contributed by atoms with E-state index in [9.17, 15) is 4.79 Å². The molecule has 3 heterocycles. The highest BCUT2D eigenvalue weighted by Crippen LogP contribution is 2.25. The van der Waals surface area contributed by atoms with E-state index in [0.29, 0.717) is 24.5 Å². The molecule has 88 valence electrons. The summed E-state index contributed by atoms with van der Waals surface area (Å²) in [5.41, 5.74) is 0.582. The molecule has 0 aliphatic carbocycles. The first kappa shape index (κ1) is 10.1. The summed E-state index contributed by atoms with van der Waals surface area (Å²) in [6, 6.07) is 1.67. The van der Waals surface area contributed by atoms with Gasteiger partial charge in [-0.05, 0) is 12.5 Å². The largest absolute Gasteiger partial charge is 0.472 e. The number of carbonyl (C=O) groups excluding carboxylic acids is 1. The number of nitrogens with zero attached hydrogens (tertiary/aromatic N) is 3. The molecule has 1 fully saturated rings. The maximum absolute atomic E-state index is 12.0. The van der Waals surface area contributed by atoms with Crippen molar-refractivity contribution >= 4 is 5.91 Å². The van der Waals surface area contributed by atoms with Gasteiger partial charge in [-0.2, -0.15) is 4.98 Å². The number of hydrogen-bond acceptors (Lipinski definition) is 5. The van der Waals surface area contributed by atoms with Crippen LogP contribution in [0.4, 0.5) is 0 Å². The molecule has 2 aromatic heterocycles. The molecule has 1 amide bonds. The molecule has 0 saturated carbocycles. The molecule has 0 aromatic carbocycles. The lowest BCUT2D eigenvalue weighted by Crippen LogP contribution is -2.28. The number of amides is 1. The second-order valence-corrected chi connectivity index (χ2v) is 4.04. The standard InChI is InChI=1S/C11H11N3O3/c15-11(9-2-4-16-6-9)14-3-1-8(5-14)10-12-7-17-13-10/h2,4,6-8H,1,3,5H2/t8-/m0/s1. The van der Waals surface area contributed by atoms with Crippen molar-refractivity contribution in [3.05, 3.63) is 36.4 Å². The third kappa shape index (κ3) is 1.82. The minimum Gasteiger partial charge on any atom is -0.472 e. The van der Waals surface area contributed by atoms with Crippen molar-refractivity contribution in [2.45, 2.75) is 12.3 Å². The van der Waals surface area contributed by atoms with Crippen LogP contribution in [0.15, 0.2) is 33.9 Å². The van der Waals surface area contributed by atoms with Crippen LogP contribution < -0.4 is 0 Å². The maximum atomic E-state index is 12.0. The fourth-order valence-corrected chi connectivity index (χ4v) is 2.08. The summed E-state index contributed by atoms with van der Waals surface area (Å²) in [5, 5.41) is 3.81. The predicted molar refractivity (Wildman–Crippen MR) is 56.3 cm³/mol. The van der Waals surface area contributed by atoms with Crippen molar-refractivity contribution in [3.63, 3.8) is 0 Å². The van der Waals surface area contributed by atoms with Crippen molar-refractivity contribution < 1.29 is 13.7 Å². The lowest BCUT2D eigenvalue weighted by atomic mass is 10.1. The van der Waals surface area contributed by atoms with Crippen LogP contribution in [0.25, 0.3) is 0 Å². The normalized spacial score (nSPS) is 19.8. The molecule has 6 heteroatoms. The van der Waals surface area contributed by atoms with Gasteiger partial charge in [-0.3, -0.25) is 4.79 Å². The van der Waals surface area contributed by atoms with Crippen LogP contribution in [-0.4, -0.2) is 34.0 Å². The summed E-state index contributed by atoms with van der Waals surface area (Å²) in [6.45, 7) is 1.34. The maximum Gasteiger partial charge on any atom is 0.257 e. The summed E-state index contributed by atoms with van der Waals surface area (Å²) >= 11 is 0. The quantitative estimate of drug-likeness (QED) is 0.781. The molecule has 1 aliphatic heterocycles. The van der Waals surface area contributed by atoms with Gasteiger partial charge in [-0.25, -0.2) is 0 Å². The molecule has 0 spiro atoms. The first-order valence-corrected chi connectivity index (χ1v) is 5.42. The fraction of sp³-hybridized carbons (Fsp3) is 0.364. The Morgan fingerprint density at radius 3 is 3.18 bits per heavy atom. The fourth-order valence-electron chi connectivity index (χ4n) is 2.08. The zero-order valence-corrected chi connectivity index (χ0v) is 9.07. The van der Waals surface area contributed by atoms with Gasteiger partial charge in [0.1, 0.15) is 6.26 Å². The minimum absolute atomic E-state index is 0.00950. The molecule has 6 nitrogen and oxygen atoms in total. The van der Waals surface area contributed by atoms with E-state index in [1.165, 1.54) is 18.9 Å². The van der Waals surface area contributed by atoms with Crippen LogP contribution in [0, 0.1) is 0 Å². The van der Waals surface area contributed by atoms with E-state index in [0.717, 1.165) is 6.42 Å². The minimum atomic E-state index is -0.00950. The van der Waals surface area contributed by atoms with Gasteiger partial charge >= 0.3 is 0 Å². The average molecular weight is 233 g/mol. The van der Waals surface area contributed by atoms with Gasteiger partial charge in [0.25, 0.3) is 5.91 Å². The van der Waals surface area contributed by atoms with Gasteiger partial charge in [-0.1, -0.05) is 5.16 Å². The zero-order chi connectivity index (χ0) is 11.7. The Hall–Kier alpha value is -2.11. The SMILES string of the molecule is O=C(c1ccoc1)N1CC[C@H](c2ncon2)C1. The summed E-state index contributed by atoms with van der Waals surface area (Å²) in [4.78, 5) is 17.8. The average Bonchev–Trinajstić information content (AvgIpc) is 3.09. The lowest BCUT2D eigenvalue weighted by Gasteiger charge is -2.14. The van der Waals surface area contributed by atoms with E-state index >= 15 is 0 Å². The topological polar surface area (TPSA) is 72.4 Å². The Balaban J connectivity index is 1.70. The van der Waals surface area contributed by atoms with Crippen molar-refractivity contribution in [1.82, 2.24) is 15.0 Å². The van der Waals surface area contributed by atoms with Gasteiger partial charge in [0, 0.05) is 19.0 Å². The van der Waals surface area contributed by atoms with E-state index in [4.69, 9.17) is 8.94 Å². The van der Waals surface area contributed by atoms with Gasteiger partial charge in [0.05, 0.1) is 11.8 Å². The smallest absolute Gasteiger partial charge is 0.257 e. The van der Waals surface area contributed by atoms with Gasteiger partial charge in [-0.15, -0.1) is 0 Å². The summed E-state index contributed by atoms with van der Waals surface area (Å²) in [5.74, 6) is 0.835. The highest BCUT2D eigenvalue weighted by molar-refractivity contribution is 5.94. The van der Waals surface area contributed by atoms with Crippen LogP contribution in [-0.2, 0) is 0 Å². The van der Waals surface area contributed by atoms with Crippen LogP contribution in [0.1, 0.15) is 28.5 Å². The Morgan fingerprint density at radius 1 is 1.53 bits per heavy atom. The predicted octanol–water partition coefficient (Wildman–Crippen LogP) is 1.29. The van der Waals surface area contributed by atoms with Crippen LogP contribution in [0.3, 0.4) is 0 Å². The summed E-state index contributed by atoms with van der Waals surface area (Å²) in [7, 11) is 0. The second kappa shape index (κ2) is 4.04. The summed E-state index contributed by atoms with van der Waals surface area (Å²) < 4.78 is 9.62. The highest BCUT2D eigenvalue weighted by atomic mass is 16.5. The Kier molecular flexibility index (Phi) is 2.40. The third-order valence-electron chi connectivity index (χ3n) is 2.99. The number of carbonyl (C=O) groups is 1. The monoisotopic (exact) mass is 233 g/mol. The van der Waals surface area contributed by atoms with E-state index < -0.39 is 0 Å². The number of aromatic nitrogens is 2. The molecule has 0 bridgehead atoms. The van der Waals surface area contributed by atoms with Gasteiger partial charge < -0.3 is 13.8 Å². The molecule has 1 aliphatic rings. The van der Waals surface area contributed by atoms with Gasteiger partial charge in [0.2, 0.25) is 6.39 Å². The highest BCUT2D eigenvalue weighted by Gasteiger charge is 2.30. The van der Waals surface area contributed by atoms with E-state index in [2.05, 4.69) is 10.1 Å². The van der Waals surface area contributed by atoms with Crippen molar-refractivity contribution in [1.29, 1.82) is 0 Å². The molecular weight excluding hydrogens is 222 g/mol. The van der Waals surface area contributed by atoms with Crippen molar-refractivity contribution in [2.75, 3.05) is 13.1 Å². The molecular formula is C11H11N3O3. The molecule has 2 aromatic rings. The Bertz CT molecular complexity index is 492. The number of hydrogen-bond donors (Lipinski definition) is 0. The van der Waals surface area contributed by atoms with Crippen molar-refractivity contribution in [2.24, 2.45) is 0 Å². The number of likely N-dealkylation sites (tertiary alicyclic amines) is 1. The summed E-state index contributed by atoms with van der Waals surface area (Å²) in [6.07, 6.45) is 5.14. The molecule has 1 saturated heterocycles. The zero-order valence-electron chi connectivity index (χ0n) is 9.07. The lowest BCUT2D eigenvalue weighted by molar-refractivity contribution is 0.0789. The molecule has 1 atom stereocenters. The first-order valence-electron chi connectivity index (χ1n) is 5.42. The van der Waals surface area contributed by atoms with Crippen LogP contribution in [0.2, 0.25) is 0 Å². The van der Waals surface area contributed by atoms with Gasteiger partial charge in [0.15, 0.2) is 5.82 Å². The van der Waals surface area contributed by atoms with Crippen molar-refractivity contribution in [3.8, 4) is 0 Å². The third-order valence-corrected chi connectivity index (χ3v) is 2.99. The Morgan fingerprint density at radius 2 is 2.47 bits per heavy atom. The number of furan rings is 1. The second-order valence-electron chi connectivity index (χ2n) is 4.04. The molecule has 17 heavy (non-hydrogen) atoms. The van der Waals surface area contributed by atoms with E-state index in [1.807, 2.05) is 0 Å². The number of rotatable bonds is 2.